The van der Waals surface area contributed by atoms with E-state index in [0.717, 1.165) is 13.0 Å². The summed E-state index contributed by atoms with van der Waals surface area (Å²) >= 11 is 0. The molecule has 0 amide bonds. The largest absolute Gasteiger partial charge is 0.369 e. The molecule has 1 aliphatic heterocycles. The van der Waals surface area contributed by atoms with E-state index in [2.05, 4.69) is 44.4 Å². The van der Waals surface area contributed by atoms with Crippen LogP contribution in [0.4, 0.5) is 0 Å². The van der Waals surface area contributed by atoms with Gasteiger partial charge in [-0.15, -0.1) is 0 Å². The fourth-order valence-electron chi connectivity index (χ4n) is 1.83. The Morgan fingerprint density at radius 2 is 2.15 bits per heavy atom. The Kier molecular flexibility index (Phi) is 3.35. The molecule has 0 saturated heterocycles. The minimum Gasteiger partial charge on any atom is -0.369 e. The molecule has 1 heteroatoms. The predicted octanol–water partition coefficient (Wildman–Crippen LogP) is 3.12. The molecule has 0 aromatic rings. The highest BCUT2D eigenvalue weighted by molar-refractivity contribution is 5.35. The highest BCUT2D eigenvalue weighted by Crippen LogP contribution is 2.26. The van der Waals surface area contributed by atoms with Crippen LogP contribution >= 0.6 is 0 Å². The van der Waals surface area contributed by atoms with Crippen LogP contribution in [0.5, 0.6) is 0 Å². The van der Waals surface area contributed by atoms with E-state index in [-0.39, 0.29) is 0 Å². The minimum absolute atomic E-state index is 0.579. The molecule has 0 spiro atoms. The van der Waals surface area contributed by atoms with E-state index in [9.17, 15) is 0 Å². The summed E-state index contributed by atoms with van der Waals surface area (Å²) in [7, 11) is 0. The van der Waals surface area contributed by atoms with Gasteiger partial charge < -0.3 is 4.90 Å². The Morgan fingerprint density at radius 3 is 2.62 bits per heavy atom. The van der Waals surface area contributed by atoms with E-state index in [1.807, 2.05) is 6.08 Å². The lowest BCUT2D eigenvalue weighted by Gasteiger charge is -2.24. The summed E-state index contributed by atoms with van der Waals surface area (Å²) in [6.45, 7) is 11.5. The third-order valence-electron chi connectivity index (χ3n) is 2.45. The van der Waals surface area contributed by atoms with E-state index in [4.69, 9.17) is 0 Å². The van der Waals surface area contributed by atoms with Gasteiger partial charge in [0.1, 0.15) is 0 Å². The fourth-order valence-corrected chi connectivity index (χ4v) is 1.83. The zero-order chi connectivity index (χ0) is 9.84. The molecule has 1 nitrogen and oxygen atoms in total. The van der Waals surface area contributed by atoms with Crippen molar-refractivity contribution < 1.29 is 0 Å². The number of nitrogens with zero attached hydrogens (tertiary/aromatic N) is 1. The van der Waals surface area contributed by atoms with Crippen LogP contribution in [0, 0.1) is 0 Å². The second-order valence-electron chi connectivity index (χ2n) is 3.65. The summed E-state index contributed by atoms with van der Waals surface area (Å²) in [5.41, 5.74) is 2.74. The molecular weight excluding hydrogens is 158 g/mol. The molecule has 0 bridgehead atoms. The van der Waals surface area contributed by atoms with Gasteiger partial charge in [0, 0.05) is 18.3 Å². The molecule has 1 aliphatic rings. The van der Waals surface area contributed by atoms with Gasteiger partial charge in [0.25, 0.3) is 0 Å². The van der Waals surface area contributed by atoms with Gasteiger partial charge in [-0.25, -0.2) is 0 Å². The van der Waals surface area contributed by atoms with E-state index >= 15 is 0 Å². The first-order valence-corrected chi connectivity index (χ1v) is 4.95. The van der Waals surface area contributed by atoms with Gasteiger partial charge in [-0.1, -0.05) is 18.7 Å². The summed E-state index contributed by atoms with van der Waals surface area (Å²) in [6, 6.07) is 0.579. The van der Waals surface area contributed by atoms with Crippen molar-refractivity contribution in [2.45, 2.75) is 33.2 Å². The maximum Gasteiger partial charge on any atom is 0.0395 e. The average Bonchev–Trinajstić information content (AvgIpc) is 2.48. The number of hydrogen-bond acceptors (Lipinski definition) is 1. The Balaban J connectivity index is 2.91. The molecule has 13 heavy (non-hydrogen) atoms. The van der Waals surface area contributed by atoms with Crippen LogP contribution in [-0.4, -0.2) is 17.5 Å². The van der Waals surface area contributed by atoms with Gasteiger partial charge in [0.05, 0.1) is 0 Å². The van der Waals surface area contributed by atoms with Crippen molar-refractivity contribution in [2.75, 3.05) is 6.54 Å². The monoisotopic (exact) mass is 177 g/mol. The lowest BCUT2D eigenvalue weighted by Crippen LogP contribution is -2.26. The van der Waals surface area contributed by atoms with Gasteiger partial charge in [-0.05, 0) is 38.8 Å². The van der Waals surface area contributed by atoms with E-state index in [1.165, 1.54) is 11.3 Å². The molecule has 0 saturated carbocycles. The molecule has 0 aromatic carbocycles. The van der Waals surface area contributed by atoms with Crippen LogP contribution < -0.4 is 0 Å². The van der Waals surface area contributed by atoms with Crippen LogP contribution in [0.2, 0.25) is 0 Å². The van der Waals surface area contributed by atoms with Gasteiger partial charge in [0.15, 0.2) is 0 Å². The zero-order valence-electron chi connectivity index (χ0n) is 8.88. The zero-order valence-corrected chi connectivity index (χ0v) is 8.88. The first-order valence-electron chi connectivity index (χ1n) is 4.95. The summed E-state index contributed by atoms with van der Waals surface area (Å²) in [4.78, 5) is 2.41. The smallest absolute Gasteiger partial charge is 0.0395 e. The van der Waals surface area contributed by atoms with Crippen molar-refractivity contribution in [3.05, 3.63) is 36.1 Å². The Labute approximate surface area is 81.4 Å². The SMILES string of the molecule is C=CC1=C(/C=C\C)CCN1C(C)C. The molecule has 1 rings (SSSR count). The maximum absolute atomic E-state index is 3.87. The topological polar surface area (TPSA) is 3.24 Å². The third kappa shape index (κ3) is 2.03. The molecule has 0 N–H and O–H groups in total. The van der Waals surface area contributed by atoms with E-state index < -0.39 is 0 Å². The first-order chi connectivity index (χ1) is 6.20. The van der Waals surface area contributed by atoms with Gasteiger partial charge in [-0.3, -0.25) is 0 Å². The van der Waals surface area contributed by atoms with Crippen LogP contribution in [0.1, 0.15) is 27.2 Å². The van der Waals surface area contributed by atoms with Crippen LogP contribution in [0.25, 0.3) is 0 Å². The standard InChI is InChI=1S/C12H19N/c1-5-7-11-8-9-13(10(3)4)12(11)6-2/h5-7,10H,2,8-9H2,1,3-4H3/b7-5-. The summed E-state index contributed by atoms with van der Waals surface area (Å²) < 4.78 is 0. The highest BCUT2D eigenvalue weighted by Gasteiger charge is 2.20. The quantitative estimate of drug-likeness (QED) is 0.640. The molecule has 1 heterocycles. The number of rotatable bonds is 3. The van der Waals surface area contributed by atoms with Gasteiger partial charge >= 0.3 is 0 Å². The fraction of sp³-hybridized carbons (Fsp3) is 0.500. The molecule has 0 atom stereocenters. The van der Waals surface area contributed by atoms with E-state index in [1.54, 1.807) is 0 Å². The molecule has 0 unspecified atom stereocenters. The van der Waals surface area contributed by atoms with Gasteiger partial charge in [-0.2, -0.15) is 0 Å². The Morgan fingerprint density at radius 1 is 1.46 bits per heavy atom. The summed E-state index contributed by atoms with van der Waals surface area (Å²) in [5, 5.41) is 0. The van der Waals surface area contributed by atoms with E-state index in [0.29, 0.717) is 6.04 Å². The molecule has 0 fully saturated rings. The van der Waals surface area contributed by atoms with Crippen molar-refractivity contribution in [3.8, 4) is 0 Å². The number of allylic oxidation sites excluding steroid dienone is 3. The lowest BCUT2D eigenvalue weighted by molar-refractivity contribution is 0.318. The van der Waals surface area contributed by atoms with Crippen molar-refractivity contribution in [3.63, 3.8) is 0 Å². The molecule has 0 aliphatic carbocycles. The average molecular weight is 177 g/mol. The van der Waals surface area contributed by atoms with Crippen LogP contribution in [0.15, 0.2) is 36.1 Å². The summed E-state index contributed by atoms with van der Waals surface area (Å²) in [5.74, 6) is 0. The molecule has 72 valence electrons. The maximum atomic E-state index is 3.87. The molecule has 0 aromatic heterocycles. The van der Waals surface area contributed by atoms with Crippen LogP contribution in [-0.2, 0) is 0 Å². The highest BCUT2D eigenvalue weighted by atomic mass is 15.2. The first kappa shape index (κ1) is 10.1. The minimum atomic E-state index is 0.579. The molecular formula is C12H19N. The third-order valence-corrected chi connectivity index (χ3v) is 2.45. The predicted molar refractivity (Wildman–Crippen MR) is 58.5 cm³/mol. The Hall–Kier alpha value is -0.980. The molecule has 0 radical (unpaired) electrons. The van der Waals surface area contributed by atoms with Crippen LogP contribution in [0.3, 0.4) is 0 Å². The summed E-state index contributed by atoms with van der Waals surface area (Å²) in [6.07, 6.45) is 7.42. The Bertz CT molecular complexity index is 246. The number of hydrogen-bond donors (Lipinski definition) is 0. The van der Waals surface area contributed by atoms with Crippen molar-refractivity contribution in [1.29, 1.82) is 0 Å². The van der Waals surface area contributed by atoms with Crippen molar-refractivity contribution >= 4 is 0 Å². The lowest BCUT2D eigenvalue weighted by atomic mass is 10.2. The second kappa shape index (κ2) is 4.31. The van der Waals surface area contributed by atoms with Crippen molar-refractivity contribution in [2.24, 2.45) is 0 Å². The van der Waals surface area contributed by atoms with Crippen molar-refractivity contribution in [1.82, 2.24) is 4.90 Å². The normalized spacial score (nSPS) is 18.0. The second-order valence-corrected chi connectivity index (χ2v) is 3.65. The van der Waals surface area contributed by atoms with Gasteiger partial charge in [0.2, 0.25) is 0 Å².